The minimum atomic E-state index is -0.0406. The van der Waals surface area contributed by atoms with Crippen molar-refractivity contribution >= 4 is 17.0 Å². The van der Waals surface area contributed by atoms with Crippen molar-refractivity contribution in [2.75, 3.05) is 0 Å². The largest absolute Gasteiger partial charge is 0.273 e. The molecule has 0 radical (unpaired) electrons. The Balaban J connectivity index is 2.02. The lowest BCUT2D eigenvalue weighted by Crippen LogP contribution is -2.07. The maximum absolute atomic E-state index is 9.09. The lowest BCUT2D eigenvalue weighted by Gasteiger charge is -2.10. The van der Waals surface area contributed by atoms with Gasteiger partial charge in [0.15, 0.2) is 5.82 Å². The van der Waals surface area contributed by atoms with Crippen LogP contribution in [0, 0.1) is 32.1 Å². The van der Waals surface area contributed by atoms with Gasteiger partial charge in [0.05, 0.1) is 17.3 Å². The van der Waals surface area contributed by atoms with Crippen molar-refractivity contribution < 1.29 is 0 Å². The average molecular weight is 361 g/mol. The number of nitriles is 1. The van der Waals surface area contributed by atoms with Gasteiger partial charge in [0, 0.05) is 16.0 Å². The topological polar surface area (TPSA) is 66.9 Å². The molecule has 1 aromatic carbocycles. The molecule has 0 spiro atoms. The standard InChI is InChI=1S/C20H19N5S/c1-5-16-19-24-23-13(4)25(19)20-17(11(2)12(3)26-20)18(22-16)15-8-6-14(10-21)7-9-15/h6-9,16H,5H2,1-4H3. The number of rotatable bonds is 2. The number of hydrogen-bond donors (Lipinski definition) is 0. The molecule has 0 amide bonds. The summed E-state index contributed by atoms with van der Waals surface area (Å²) in [5.74, 6) is 1.79. The zero-order chi connectivity index (χ0) is 18.4. The fourth-order valence-corrected chi connectivity index (χ4v) is 4.58. The SMILES string of the molecule is CCC1N=C(c2ccc(C#N)cc2)c2c(sc(C)c2C)-n2c(C)nnc21. The van der Waals surface area contributed by atoms with Gasteiger partial charge >= 0.3 is 0 Å². The molecule has 130 valence electrons. The molecule has 0 bridgehead atoms. The first-order valence-corrected chi connectivity index (χ1v) is 9.47. The number of nitrogens with zero attached hydrogens (tertiary/aromatic N) is 5. The smallest absolute Gasteiger partial charge is 0.163 e. The predicted molar refractivity (Wildman–Crippen MR) is 103 cm³/mol. The van der Waals surface area contributed by atoms with Crippen LogP contribution in [0.1, 0.15) is 58.2 Å². The average Bonchev–Trinajstić information content (AvgIpc) is 3.12. The van der Waals surface area contributed by atoms with E-state index in [1.54, 1.807) is 11.3 Å². The summed E-state index contributed by atoms with van der Waals surface area (Å²) >= 11 is 1.76. The van der Waals surface area contributed by atoms with Crippen LogP contribution in [0.3, 0.4) is 0 Å². The van der Waals surface area contributed by atoms with Crippen LogP contribution in [-0.4, -0.2) is 20.5 Å². The van der Waals surface area contributed by atoms with E-state index in [9.17, 15) is 0 Å². The molecule has 0 aliphatic carbocycles. The number of hydrogen-bond acceptors (Lipinski definition) is 5. The van der Waals surface area contributed by atoms with E-state index < -0.39 is 0 Å². The maximum Gasteiger partial charge on any atom is 0.163 e. The van der Waals surface area contributed by atoms with Gasteiger partial charge in [-0.25, -0.2) is 0 Å². The fourth-order valence-electron chi connectivity index (χ4n) is 3.36. The van der Waals surface area contributed by atoms with Gasteiger partial charge in [-0.05, 0) is 44.9 Å². The van der Waals surface area contributed by atoms with Gasteiger partial charge in [-0.3, -0.25) is 9.56 Å². The third kappa shape index (κ3) is 2.39. The van der Waals surface area contributed by atoms with Gasteiger partial charge < -0.3 is 0 Å². The van der Waals surface area contributed by atoms with Gasteiger partial charge in [0.1, 0.15) is 16.9 Å². The fraction of sp³-hybridized carbons (Fsp3) is 0.300. The quantitative estimate of drug-likeness (QED) is 0.678. The van der Waals surface area contributed by atoms with E-state index in [0.717, 1.165) is 39.9 Å². The molecule has 3 aromatic rings. The third-order valence-corrected chi connectivity index (χ3v) is 6.11. The second-order valence-corrected chi connectivity index (χ2v) is 7.70. The molecular formula is C20H19N5S. The van der Waals surface area contributed by atoms with Gasteiger partial charge in [-0.1, -0.05) is 19.1 Å². The second-order valence-electron chi connectivity index (χ2n) is 6.50. The van der Waals surface area contributed by atoms with E-state index in [1.165, 1.54) is 10.4 Å². The van der Waals surface area contributed by atoms with Crippen LogP contribution in [0.4, 0.5) is 0 Å². The molecule has 0 N–H and O–H groups in total. The van der Waals surface area contributed by atoms with Crippen molar-refractivity contribution in [3.8, 4) is 11.1 Å². The van der Waals surface area contributed by atoms with Crippen LogP contribution in [0.15, 0.2) is 29.3 Å². The first-order chi connectivity index (χ1) is 12.5. The summed E-state index contributed by atoms with van der Waals surface area (Å²) in [6.45, 7) is 8.40. The maximum atomic E-state index is 9.09. The summed E-state index contributed by atoms with van der Waals surface area (Å²) < 4.78 is 2.16. The highest BCUT2D eigenvalue weighted by Gasteiger charge is 2.30. The van der Waals surface area contributed by atoms with Crippen molar-refractivity contribution in [2.24, 2.45) is 4.99 Å². The van der Waals surface area contributed by atoms with Gasteiger partial charge in [-0.2, -0.15) is 5.26 Å². The zero-order valence-electron chi connectivity index (χ0n) is 15.2. The van der Waals surface area contributed by atoms with Crippen LogP contribution < -0.4 is 0 Å². The van der Waals surface area contributed by atoms with Crippen molar-refractivity contribution in [1.29, 1.82) is 5.26 Å². The Labute approximate surface area is 156 Å². The van der Waals surface area contributed by atoms with E-state index >= 15 is 0 Å². The van der Waals surface area contributed by atoms with Gasteiger partial charge in [-0.15, -0.1) is 21.5 Å². The van der Waals surface area contributed by atoms with E-state index in [0.29, 0.717) is 5.56 Å². The Hall–Kier alpha value is -2.78. The monoisotopic (exact) mass is 361 g/mol. The Morgan fingerprint density at radius 3 is 2.54 bits per heavy atom. The van der Waals surface area contributed by atoms with Crippen LogP contribution in [0.2, 0.25) is 0 Å². The van der Waals surface area contributed by atoms with Crippen molar-refractivity contribution in [2.45, 2.75) is 40.2 Å². The molecular weight excluding hydrogens is 342 g/mol. The molecule has 2 aromatic heterocycles. The molecule has 1 atom stereocenters. The van der Waals surface area contributed by atoms with Crippen molar-refractivity contribution in [1.82, 2.24) is 14.8 Å². The highest BCUT2D eigenvalue weighted by atomic mass is 32.1. The normalized spacial score (nSPS) is 15.7. The van der Waals surface area contributed by atoms with Crippen LogP contribution in [-0.2, 0) is 0 Å². The molecule has 6 heteroatoms. The van der Waals surface area contributed by atoms with E-state index in [4.69, 9.17) is 10.3 Å². The molecule has 0 saturated heterocycles. The Kier molecular flexibility index (Phi) is 3.97. The minimum absolute atomic E-state index is 0.0406. The number of aliphatic imine (C=N–C) groups is 1. The van der Waals surface area contributed by atoms with Crippen LogP contribution in [0.25, 0.3) is 5.00 Å². The van der Waals surface area contributed by atoms with Crippen molar-refractivity contribution in [3.63, 3.8) is 0 Å². The highest BCUT2D eigenvalue weighted by Crippen LogP contribution is 2.39. The molecule has 26 heavy (non-hydrogen) atoms. The van der Waals surface area contributed by atoms with Gasteiger partial charge in [0.25, 0.3) is 0 Å². The Bertz CT molecular complexity index is 1060. The molecule has 4 rings (SSSR count). The van der Waals surface area contributed by atoms with Gasteiger partial charge in [0.2, 0.25) is 0 Å². The second kappa shape index (κ2) is 6.19. The summed E-state index contributed by atoms with van der Waals surface area (Å²) in [6, 6.07) is 9.81. The summed E-state index contributed by atoms with van der Waals surface area (Å²) in [5.41, 5.74) is 5.05. The summed E-state index contributed by atoms with van der Waals surface area (Å²) in [5, 5.41) is 19.0. The number of aryl methyl sites for hydroxylation is 2. The molecule has 5 nitrogen and oxygen atoms in total. The lowest BCUT2D eigenvalue weighted by molar-refractivity contribution is 0.641. The molecule has 1 unspecified atom stereocenters. The van der Waals surface area contributed by atoms with Crippen LogP contribution in [0.5, 0.6) is 0 Å². The molecule has 1 aliphatic heterocycles. The first kappa shape index (κ1) is 16.7. The number of aromatic nitrogens is 3. The highest BCUT2D eigenvalue weighted by molar-refractivity contribution is 7.15. The molecule has 0 fully saturated rings. The predicted octanol–water partition coefficient (Wildman–Crippen LogP) is 4.43. The number of thiophene rings is 1. The minimum Gasteiger partial charge on any atom is -0.273 e. The molecule has 3 heterocycles. The van der Waals surface area contributed by atoms with Crippen molar-refractivity contribution in [3.05, 3.63) is 63.0 Å². The van der Waals surface area contributed by atoms with E-state index in [-0.39, 0.29) is 6.04 Å². The Morgan fingerprint density at radius 2 is 1.88 bits per heavy atom. The first-order valence-electron chi connectivity index (χ1n) is 8.66. The summed E-state index contributed by atoms with van der Waals surface area (Å²) in [4.78, 5) is 6.38. The van der Waals surface area contributed by atoms with E-state index in [1.807, 2.05) is 31.2 Å². The Morgan fingerprint density at radius 1 is 1.15 bits per heavy atom. The molecule has 0 saturated carbocycles. The van der Waals surface area contributed by atoms with Crippen LogP contribution >= 0.6 is 11.3 Å². The number of benzene rings is 1. The summed E-state index contributed by atoms with van der Waals surface area (Å²) in [6.07, 6.45) is 0.852. The summed E-state index contributed by atoms with van der Waals surface area (Å²) in [7, 11) is 0. The third-order valence-electron chi connectivity index (χ3n) is 4.91. The zero-order valence-corrected chi connectivity index (χ0v) is 16.1. The lowest BCUT2D eigenvalue weighted by atomic mass is 9.99. The number of fused-ring (bicyclic) bond motifs is 3. The molecule has 1 aliphatic rings. The van der Waals surface area contributed by atoms with E-state index in [2.05, 4.69) is 41.6 Å².